The molecule has 4 nitrogen and oxygen atoms in total. The molecule has 0 aliphatic rings. The van der Waals surface area contributed by atoms with Crippen LogP contribution in [0.3, 0.4) is 0 Å². The Labute approximate surface area is 94.2 Å². The smallest absolute Gasteiger partial charge is 0.341 e. The first-order chi connectivity index (χ1) is 7.60. The molecular weight excluding hydrogens is 208 g/mol. The van der Waals surface area contributed by atoms with Gasteiger partial charge in [-0.1, -0.05) is 6.07 Å². The van der Waals surface area contributed by atoms with E-state index in [9.17, 15) is 9.59 Å². The van der Waals surface area contributed by atoms with Crippen LogP contribution in [0.2, 0.25) is 0 Å². The molecule has 0 saturated carbocycles. The normalized spacial score (nSPS) is 9.69. The molecule has 1 aromatic rings. The average Bonchev–Trinajstić information content (AvgIpc) is 2.28. The molecule has 0 radical (unpaired) electrons. The molecule has 1 rings (SSSR count). The molecule has 0 amide bonds. The van der Waals surface area contributed by atoms with Crippen molar-refractivity contribution < 1.29 is 19.1 Å². The van der Waals surface area contributed by atoms with Gasteiger partial charge in [0.25, 0.3) is 0 Å². The molecule has 1 aromatic carbocycles. The number of carbonyl (C=O) groups excluding carboxylic acids is 2. The highest BCUT2D eigenvalue weighted by Gasteiger charge is 2.14. The number of ketones is 1. The summed E-state index contributed by atoms with van der Waals surface area (Å²) >= 11 is 0. The van der Waals surface area contributed by atoms with E-state index in [1.165, 1.54) is 20.1 Å². The molecule has 16 heavy (non-hydrogen) atoms. The maximum absolute atomic E-state index is 11.4. The first-order valence-corrected chi connectivity index (χ1v) is 4.96. The second-order valence-electron chi connectivity index (χ2n) is 3.19. The maximum Gasteiger partial charge on any atom is 0.341 e. The monoisotopic (exact) mass is 222 g/mol. The van der Waals surface area contributed by atoms with Crippen LogP contribution in [0.1, 0.15) is 34.6 Å². The van der Waals surface area contributed by atoms with Crippen LogP contribution in [-0.2, 0) is 4.74 Å². The minimum Gasteiger partial charge on any atom is -0.493 e. The highest BCUT2D eigenvalue weighted by molar-refractivity contribution is 5.98. The molecule has 0 unspecified atom stereocenters. The first kappa shape index (κ1) is 12.2. The van der Waals surface area contributed by atoms with Crippen molar-refractivity contribution in [3.05, 3.63) is 29.3 Å². The third-order valence-corrected chi connectivity index (χ3v) is 2.09. The van der Waals surface area contributed by atoms with Crippen molar-refractivity contribution in [2.24, 2.45) is 0 Å². The van der Waals surface area contributed by atoms with Gasteiger partial charge in [-0.25, -0.2) is 4.79 Å². The zero-order valence-corrected chi connectivity index (χ0v) is 9.57. The van der Waals surface area contributed by atoms with Crippen LogP contribution >= 0.6 is 0 Å². The summed E-state index contributed by atoms with van der Waals surface area (Å²) < 4.78 is 9.92. The van der Waals surface area contributed by atoms with Crippen molar-refractivity contribution in [2.75, 3.05) is 13.7 Å². The molecule has 0 fully saturated rings. The summed E-state index contributed by atoms with van der Waals surface area (Å²) in [6, 6.07) is 4.67. The van der Waals surface area contributed by atoms with Gasteiger partial charge in [-0.05, 0) is 26.0 Å². The van der Waals surface area contributed by atoms with E-state index in [1.807, 2.05) is 6.92 Å². The molecule has 0 saturated heterocycles. The summed E-state index contributed by atoms with van der Waals surface area (Å²) in [6.45, 7) is 3.69. The molecule has 0 aliphatic heterocycles. The Morgan fingerprint density at radius 3 is 2.50 bits per heavy atom. The number of rotatable bonds is 4. The number of methoxy groups -OCH3 is 1. The van der Waals surface area contributed by atoms with Crippen molar-refractivity contribution in [3.8, 4) is 5.75 Å². The van der Waals surface area contributed by atoms with Crippen LogP contribution in [0.5, 0.6) is 5.75 Å². The largest absolute Gasteiger partial charge is 0.493 e. The molecule has 0 heterocycles. The Kier molecular flexibility index (Phi) is 4.05. The number of carbonyl (C=O) groups is 2. The zero-order valence-electron chi connectivity index (χ0n) is 9.57. The molecule has 0 N–H and O–H groups in total. The summed E-state index contributed by atoms with van der Waals surface area (Å²) in [5.41, 5.74) is 0.838. The van der Waals surface area contributed by atoms with Gasteiger partial charge in [-0.3, -0.25) is 4.79 Å². The van der Waals surface area contributed by atoms with Gasteiger partial charge in [0.05, 0.1) is 13.7 Å². The van der Waals surface area contributed by atoms with Gasteiger partial charge in [-0.15, -0.1) is 0 Å². The lowest BCUT2D eigenvalue weighted by atomic mass is 10.1. The summed E-state index contributed by atoms with van der Waals surface area (Å²) in [7, 11) is 1.30. The van der Waals surface area contributed by atoms with E-state index in [4.69, 9.17) is 4.74 Å². The van der Waals surface area contributed by atoms with Crippen molar-refractivity contribution in [1.29, 1.82) is 0 Å². The number of benzene rings is 1. The maximum atomic E-state index is 11.4. The van der Waals surface area contributed by atoms with Crippen molar-refractivity contribution in [2.45, 2.75) is 13.8 Å². The fourth-order valence-electron chi connectivity index (χ4n) is 1.29. The topological polar surface area (TPSA) is 52.6 Å². The summed E-state index contributed by atoms with van der Waals surface area (Å²) in [5.74, 6) is -0.169. The molecule has 4 heteroatoms. The Hall–Kier alpha value is -1.84. The quantitative estimate of drug-likeness (QED) is 0.578. The summed E-state index contributed by atoms with van der Waals surface area (Å²) in [5, 5.41) is 0. The second-order valence-corrected chi connectivity index (χ2v) is 3.19. The molecule has 0 aromatic heterocycles. The third-order valence-electron chi connectivity index (χ3n) is 2.09. The highest BCUT2D eigenvalue weighted by Crippen LogP contribution is 2.21. The zero-order chi connectivity index (χ0) is 12.1. The highest BCUT2D eigenvalue weighted by atomic mass is 16.5. The number of hydrogen-bond donors (Lipinski definition) is 0. The Morgan fingerprint density at radius 2 is 2.00 bits per heavy atom. The summed E-state index contributed by atoms with van der Waals surface area (Å²) in [6.07, 6.45) is 0. The SMILES string of the molecule is CCOc1cc(C(C)=O)ccc1C(=O)OC. The number of Topliss-reactive ketones (excluding diaryl/α,β-unsaturated/α-hetero) is 1. The molecule has 0 spiro atoms. The van der Waals surface area contributed by atoms with Crippen molar-refractivity contribution in [1.82, 2.24) is 0 Å². The van der Waals surface area contributed by atoms with Crippen LogP contribution in [0.4, 0.5) is 0 Å². The van der Waals surface area contributed by atoms with E-state index in [-0.39, 0.29) is 5.78 Å². The Balaban J connectivity index is 3.18. The van der Waals surface area contributed by atoms with E-state index < -0.39 is 5.97 Å². The van der Waals surface area contributed by atoms with Gasteiger partial charge in [0.1, 0.15) is 11.3 Å². The van der Waals surface area contributed by atoms with Crippen LogP contribution in [-0.4, -0.2) is 25.5 Å². The van der Waals surface area contributed by atoms with E-state index in [2.05, 4.69) is 4.74 Å². The van der Waals surface area contributed by atoms with E-state index in [0.717, 1.165) is 0 Å². The number of ether oxygens (including phenoxy) is 2. The van der Waals surface area contributed by atoms with Gasteiger partial charge in [0.2, 0.25) is 0 Å². The molecule has 86 valence electrons. The molecule has 0 bridgehead atoms. The lowest BCUT2D eigenvalue weighted by Crippen LogP contribution is -2.07. The predicted molar refractivity (Wildman–Crippen MR) is 59.0 cm³/mol. The fourth-order valence-corrected chi connectivity index (χ4v) is 1.29. The van der Waals surface area contributed by atoms with E-state index >= 15 is 0 Å². The lowest BCUT2D eigenvalue weighted by Gasteiger charge is -2.09. The first-order valence-electron chi connectivity index (χ1n) is 4.96. The number of hydrogen-bond acceptors (Lipinski definition) is 4. The third kappa shape index (κ3) is 2.59. The Bertz CT molecular complexity index is 409. The predicted octanol–water partition coefficient (Wildman–Crippen LogP) is 2.07. The molecule has 0 aliphatic carbocycles. The van der Waals surface area contributed by atoms with E-state index in [0.29, 0.717) is 23.5 Å². The minimum atomic E-state index is -0.474. The summed E-state index contributed by atoms with van der Waals surface area (Å²) in [4.78, 5) is 22.6. The van der Waals surface area contributed by atoms with Crippen molar-refractivity contribution >= 4 is 11.8 Å². The second kappa shape index (κ2) is 5.30. The lowest BCUT2D eigenvalue weighted by molar-refractivity contribution is 0.0596. The van der Waals surface area contributed by atoms with Gasteiger partial charge in [0, 0.05) is 5.56 Å². The standard InChI is InChI=1S/C12H14O4/c1-4-16-11-7-9(8(2)13)5-6-10(11)12(14)15-3/h5-7H,4H2,1-3H3. The number of esters is 1. The van der Waals surface area contributed by atoms with Crippen molar-refractivity contribution in [3.63, 3.8) is 0 Å². The van der Waals surface area contributed by atoms with Gasteiger partial charge < -0.3 is 9.47 Å². The van der Waals surface area contributed by atoms with Crippen LogP contribution < -0.4 is 4.74 Å². The van der Waals surface area contributed by atoms with Gasteiger partial charge in [-0.2, -0.15) is 0 Å². The van der Waals surface area contributed by atoms with Gasteiger partial charge >= 0.3 is 5.97 Å². The fraction of sp³-hybridized carbons (Fsp3) is 0.333. The Morgan fingerprint density at radius 1 is 1.31 bits per heavy atom. The van der Waals surface area contributed by atoms with Crippen LogP contribution in [0, 0.1) is 0 Å². The van der Waals surface area contributed by atoms with Crippen LogP contribution in [0.15, 0.2) is 18.2 Å². The van der Waals surface area contributed by atoms with E-state index in [1.54, 1.807) is 12.1 Å². The molecular formula is C12H14O4. The average molecular weight is 222 g/mol. The molecule has 0 atom stereocenters. The minimum absolute atomic E-state index is 0.0719. The van der Waals surface area contributed by atoms with Crippen LogP contribution in [0.25, 0.3) is 0 Å². The van der Waals surface area contributed by atoms with Gasteiger partial charge in [0.15, 0.2) is 5.78 Å².